The molecule has 0 aliphatic carbocycles. The second kappa shape index (κ2) is 6.23. The fourth-order valence-electron chi connectivity index (χ4n) is 1.09. The molecule has 0 bridgehead atoms. The minimum absolute atomic E-state index is 0.218. The average molecular weight is 307 g/mol. The van der Waals surface area contributed by atoms with Crippen LogP contribution in [0.3, 0.4) is 0 Å². The first-order valence-corrected chi connectivity index (χ1v) is 6.13. The first-order valence-electron chi connectivity index (χ1n) is 4.96. The molecule has 1 atom stereocenters. The molecule has 1 rings (SSSR count). The second-order valence-corrected chi connectivity index (χ2v) is 4.66. The summed E-state index contributed by atoms with van der Waals surface area (Å²) in [4.78, 5) is 11.6. The Morgan fingerprint density at radius 3 is 2.88 bits per heavy atom. The Bertz CT molecular complexity index is 384. The molecule has 1 aromatic carbocycles. The van der Waals surface area contributed by atoms with E-state index in [1.165, 1.54) is 0 Å². The van der Waals surface area contributed by atoms with Gasteiger partial charge in [-0.25, -0.2) is 0 Å². The first kappa shape index (κ1) is 13.5. The SMILES string of the molecule is CCC(O)CNC(=O)c1ccc(Cl)c(Br)c1. The van der Waals surface area contributed by atoms with Gasteiger partial charge in [-0.2, -0.15) is 0 Å². The molecule has 16 heavy (non-hydrogen) atoms. The van der Waals surface area contributed by atoms with Gasteiger partial charge in [0.25, 0.3) is 5.91 Å². The number of aliphatic hydroxyl groups is 1. The van der Waals surface area contributed by atoms with Crippen molar-refractivity contribution in [3.63, 3.8) is 0 Å². The van der Waals surface area contributed by atoms with E-state index >= 15 is 0 Å². The maximum atomic E-state index is 11.6. The van der Waals surface area contributed by atoms with Crippen LogP contribution in [0.1, 0.15) is 23.7 Å². The summed E-state index contributed by atoms with van der Waals surface area (Å²) in [5.41, 5.74) is 0.513. The van der Waals surface area contributed by atoms with Crippen LogP contribution in [0.15, 0.2) is 22.7 Å². The minimum Gasteiger partial charge on any atom is -0.391 e. The van der Waals surface area contributed by atoms with Crippen molar-refractivity contribution in [2.45, 2.75) is 19.4 Å². The van der Waals surface area contributed by atoms with Crippen molar-refractivity contribution in [1.82, 2.24) is 5.32 Å². The summed E-state index contributed by atoms with van der Waals surface area (Å²) in [6, 6.07) is 4.94. The third kappa shape index (κ3) is 3.77. The maximum Gasteiger partial charge on any atom is 0.251 e. The Hall–Kier alpha value is -0.580. The van der Waals surface area contributed by atoms with Crippen molar-refractivity contribution in [2.75, 3.05) is 6.54 Å². The predicted molar refractivity (Wildman–Crippen MR) is 67.8 cm³/mol. The predicted octanol–water partition coefficient (Wildman–Crippen LogP) is 2.60. The summed E-state index contributed by atoms with van der Waals surface area (Å²) in [7, 11) is 0. The van der Waals surface area contributed by atoms with E-state index in [9.17, 15) is 9.90 Å². The fraction of sp³-hybridized carbons (Fsp3) is 0.364. The van der Waals surface area contributed by atoms with Gasteiger partial charge in [0, 0.05) is 16.6 Å². The third-order valence-electron chi connectivity index (χ3n) is 2.15. The lowest BCUT2D eigenvalue weighted by Crippen LogP contribution is -2.31. The third-order valence-corrected chi connectivity index (χ3v) is 3.37. The molecular formula is C11H13BrClNO2. The highest BCUT2D eigenvalue weighted by molar-refractivity contribution is 9.10. The largest absolute Gasteiger partial charge is 0.391 e. The summed E-state index contributed by atoms with van der Waals surface area (Å²) >= 11 is 9.06. The van der Waals surface area contributed by atoms with E-state index in [0.717, 1.165) is 0 Å². The Kier molecular flexibility index (Phi) is 5.25. The van der Waals surface area contributed by atoms with Gasteiger partial charge < -0.3 is 10.4 Å². The van der Waals surface area contributed by atoms with Gasteiger partial charge in [0.15, 0.2) is 0 Å². The molecule has 5 heteroatoms. The lowest BCUT2D eigenvalue weighted by molar-refractivity contribution is 0.0914. The van der Waals surface area contributed by atoms with E-state index in [-0.39, 0.29) is 12.5 Å². The molecular weight excluding hydrogens is 293 g/mol. The van der Waals surface area contributed by atoms with Crippen LogP contribution in [0.25, 0.3) is 0 Å². The van der Waals surface area contributed by atoms with Crippen molar-refractivity contribution >= 4 is 33.4 Å². The van der Waals surface area contributed by atoms with Crippen molar-refractivity contribution in [3.05, 3.63) is 33.3 Å². The van der Waals surface area contributed by atoms with E-state index in [0.29, 0.717) is 21.5 Å². The molecule has 1 unspecified atom stereocenters. The molecule has 88 valence electrons. The topological polar surface area (TPSA) is 49.3 Å². The number of hydrogen-bond acceptors (Lipinski definition) is 2. The van der Waals surface area contributed by atoms with Crippen molar-refractivity contribution in [2.24, 2.45) is 0 Å². The molecule has 0 saturated heterocycles. The molecule has 0 radical (unpaired) electrons. The van der Waals surface area contributed by atoms with Crippen LogP contribution in [0, 0.1) is 0 Å². The number of rotatable bonds is 4. The second-order valence-electron chi connectivity index (χ2n) is 3.40. The number of nitrogens with one attached hydrogen (secondary N) is 1. The maximum absolute atomic E-state index is 11.6. The van der Waals surface area contributed by atoms with Crippen LogP contribution in [0.2, 0.25) is 5.02 Å². The van der Waals surface area contributed by atoms with Gasteiger partial charge >= 0.3 is 0 Å². The quantitative estimate of drug-likeness (QED) is 0.898. The summed E-state index contributed by atoms with van der Waals surface area (Å²) in [6.45, 7) is 2.12. The van der Waals surface area contributed by atoms with E-state index in [1.807, 2.05) is 6.92 Å². The smallest absolute Gasteiger partial charge is 0.251 e. The molecule has 0 aromatic heterocycles. The zero-order chi connectivity index (χ0) is 12.1. The number of hydrogen-bond donors (Lipinski definition) is 2. The normalized spacial score (nSPS) is 12.2. The number of benzene rings is 1. The van der Waals surface area contributed by atoms with Gasteiger partial charge in [-0.1, -0.05) is 18.5 Å². The average Bonchev–Trinajstić information content (AvgIpc) is 2.29. The van der Waals surface area contributed by atoms with Gasteiger partial charge in [0.2, 0.25) is 0 Å². The Morgan fingerprint density at radius 2 is 2.31 bits per heavy atom. The summed E-state index contributed by atoms with van der Waals surface area (Å²) in [5.74, 6) is -0.218. The lowest BCUT2D eigenvalue weighted by Gasteiger charge is -2.09. The highest BCUT2D eigenvalue weighted by atomic mass is 79.9. The van der Waals surface area contributed by atoms with Crippen LogP contribution in [-0.2, 0) is 0 Å². The molecule has 0 heterocycles. The molecule has 0 aliphatic heterocycles. The molecule has 1 amide bonds. The van der Waals surface area contributed by atoms with Crippen LogP contribution in [0.4, 0.5) is 0 Å². The van der Waals surface area contributed by atoms with Crippen molar-refractivity contribution in [1.29, 1.82) is 0 Å². The number of aliphatic hydroxyl groups excluding tert-OH is 1. The number of carbonyl (C=O) groups is 1. The Balaban J connectivity index is 2.63. The van der Waals surface area contributed by atoms with E-state index < -0.39 is 6.10 Å². The van der Waals surface area contributed by atoms with Gasteiger partial charge in [0.1, 0.15) is 0 Å². The van der Waals surface area contributed by atoms with E-state index in [4.69, 9.17) is 11.6 Å². The molecule has 0 saturated carbocycles. The van der Waals surface area contributed by atoms with Crippen LogP contribution in [-0.4, -0.2) is 23.7 Å². The monoisotopic (exact) mass is 305 g/mol. The standard InChI is InChI=1S/C11H13BrClNO2/c1-2-8(15)6-14-11(16)7-3-4-10(13)9(12)5-7/h3-5,8,15H,2,6H2,1H3,(H,14,16). The van der Waals surface area contributed by atoms with Crippen molar-refractivity contribution < 1.29 is 9.90 Å². The molecule has 1 aromatic rings. The molecule has 0 aliphatic rings. The number of carbonyl (C=O) groups excluding carboxylic acids is 1. The van der Waals surface area contributed by atoms with E-state index in [2.05, 4.69) is 21.2 Å². The minimum atomic E-state index is -0.500. The molecule has 0 fully saturated rings. The number of halogens is 2. The molecule has 3 nitrogen and oxygen atoms in total. The fourth-order valence-corrected chi connectivity index (χ4v) is 1.59. The zero-order valence-electron chi connectivity index (χ0n) is 8.84. The van der Waals surface area contributed by atoms with Gasteiger partial charge in [-0.05, 0) is 40.5 Å². The van der Waals surface area contributed by atoms with Gasteiger partial charge in [-0.3, -0.25) is 4.79 Å². The zero-order valence-corrected chi connectivity index (χ0v) is 11.2. The summed E-state index contributed by atoms with van der Waals surface area (Å²) in [5, 5.41) is 12.5. The van der Waals surface area contributed by atoms with Crippen LogP contribution >= 0.6 is 27.5 Å². The van der Waals surface area contributed by atoms with E-state index in [1.54, 1.807) is 18.2 Å². The van der Waals surface area contributed by atoms with Crippen LogP contribution < -0.4 is 5.32 Å². The number of amides is 1. The summed E-state index contributed by atoms with van der Waals surface area (Å²) < 4.78 is 0.679. The van der Waals surface area contributed by atoms with Crippen LogP contribution in [0.5, 0.6) is 0 Å². The highest BCUT2D eigenvalue weighted by Crippen LogP contribution is 2.23. The van der Waals surface area contributed by atoms with Gasteiger partial charge in [0.05, 0.1) is 11.1 Å². The Morgan fingerprint density at radius 1 is 1.62 bits per heavy atom. The van der Waals surface area contributed by atoms with Crippen molar-refractivity contribution in [3.8, 4) is 0 Å². The first-order chi connectivity index (χ1) is 7.54. The molecule has 0 spiro atoms. The summed E-state index contributed by atoms with van der Waals surface area (Å²) in [6.07, 6.45) is 0.115. The van der Waals surface area contributed by atoms with Gasteiger partial charge in [-0.15, -0.1) is 0 Å². The lowest BCUT2D eigenvalue weighted by atomic mass is 10.2. The molecule has 2 N–H and O–H groups in total. The Labute approximate surface area is 108 Å². The highest BCUT2D eigenvalue weighted by Gasteiger charge is 2.09.